The molecule has 136 valence electrons. The molecule has 2 aromatic rings. The summed E-state index contributed by atoms with van der Waals surface area (Å²) < 4.78 is 10.5. The fourth-order valence-electron chi connectivity index (χ4n) is 2.44. The van der Waals surface area contributed by atoms with Crippen LogP contribution in [0.3, 0.4) is 0 Å². The number of aliphatic imine (C=N–C) groups is 1. The minimum atomic E-state index is -1.12. The Bertz CT molecular complexity index is 666. The first-order valence-electron chi connectivity index (χ1n) is 8.41. The smallest absolute Gasteiger partial charge is 0.191 e. The third-order valence-electron chi connectivity index (χ3n) is 3.82. The minimum absolute atomic E-state index is 0.284. The summed E-state index contributed by atoms with van der Waals surface area (Å²) >= 11 is 0. The van der Waals surface area contributed by atoms with Crippen LogP contribution >= 0.6 is 0 Å². The molecule has 0 amide bonds. The number of ether oxygens (including phenoxy) is 1. The molecule has 0 radical (unpaired) electrons. The average Bonchev–Trinajstić information content (AvgIpc) is 3.14. The van der Waals surface area contributed by atoms with E-state index in [1.807, 2.05) is 31.2 Å². The van der Waals surface area contributed by atoms with Crippen molar-refractivity contribution in [3.05, 3.63) is 59.5 Å². The van der Waals surface area contributed by atoms with Crippen molar-refractivity contribution in [2.75, 3.05) is 20.2 Å². The van der Waals surface area contributed by atoms with Gasteiger partial charge in [0, 0.05) is 13.7 Å². The molecular weight excluding hydrogens is 318 g/mol. The molecule has 25 heavy (non-hydrogen) atoms. The second-order valence-electron chi connectivity index (χ2n) is 6.00. The molecule has 1 atom stereocenters. The lowest BCUT2D eigenvalue weighted by atomic mass is 10.0. The van der Waals surface area contributed by atoms with Crippen molar-refractivity contribution in [2.24, 2.45) is 4.99 Å². The number of hydrogen-bond acceptors (Lipinski definition) is 4. The highest BCUT2D eigenvalue weighted by molar-refractivity contribution is 5.79. The van der Waals surface area contributed by atoms with Crippen LogP contribution in [0.15, 0.2) is 52.1 Å². The topological polar surface area (TPSA) is 79.0 Å². The van der Waals surface area contributed by atoms with Gasteiger partial charge >= 0.3 is 0 Å². The maximum atomic E-state index is 10.5. The molecule has 6 heteroatoms. The van der Waals surface area contributed by atoms with Crippen LogP contribution in [0.4, 0.5) is 0 Å². The lowest BCUT2D eigenvalue weighted by molar-refractivity contribution is 0.0386. The molecule has 1 heterocycles. The van der Waals surface area contributed by atoms with Crippen molar-refractivity contribution < 1.29 is 14.3 Å². The normalized spacial score (nSPS) is 14.2. The van der Waals surface area contributed by atoms with E-state index in [1.165, 1.54) is 0 Å². The van der Waals surface area contributed by atoms with Crippen LogP contribution in [-0.4, -0.2) is 31.3 Å². The van der Waals surface area contributed by atoms with Crippen LogP contribution in [0.2, 0.25) is 0 Å². The zero-order valence-electron chi connectivity index (χ0n) is 15.1. The predicted molar refractivity (Wildman–Crippen MR) is 98.3 cm³/mol. The Morgan fingerprint density at radius 1 is 1.20 bits per heavy atom. The lowest BCUT2D eigenvalue weighted by Crippen LogP contribution is -2.44. The van der Waals surface area contributed by atoms with Gasteiger partial charge in [0.1, 0.15) is 11.4 Å². The molecule has 1 unspecified atom stereocenters. The standard InChI is InChI=1S/C19H27N3O3/c1-4-20-18(22-14-19(2,23)17-10-7-11-25-17)21-12-15-8-5-6-9-16(15)13-24-3/h5-11,23H,4,12-14H2,1-3H3,(H2,20,21,22). The number of nitrogens with zero attached hydrogens (tertiary/aromatic N) is 1. The SMILES string of the molecule is CCNC(=NCc1ccccc1COC)NCC(C)(O)c1ccco1. The zero-order valence-corrected chi connectivity index (χ0v) is 15.1. The van der Waals surface area contributed by atoms with Crippen molar-refractivity contribution in [3.8, 4) is 0 Å². The Morgan fingerprint density at radius 2 is 1.96 bits per heavy atom. The highest BCUT2D eigenvalue weighted by Gasteiger charge is 2.26. The van der Waals surface area contributed by atoms with Crippen molar-refractivity contribution in [1.82, 2.24) is 10.6 Å². The molecule has 0 saturated carbocycles. The van der Waals surface area contributed by atoms with E-state index in [0.717, 1.165) is 17.7 Å². The molecule has 0 fully saturated rings. The molecule has 3 N–H and O–H groups in total. The van der Waals surface area contributed by atoms with Gasteiger partial charge in [0.2, 0.25) is 0 Å². The van der Waals surface area contributed by atoms with Crippen LogP contribution in [-0.2, 0) is 23.5 Å². The van der Waals surface area contributed by atoms with Crippen LogP contribution in [0, 0.1) is 0 Å². The van der Waals surface area contributed by atoms with Crippen LogP contribution in [0.1, 0.15) is 30.7 Å². The first-order valence-corrected chi connectivity index (χ1v) is 8.41. The molecule has 0 spiro atoms. The number of guanidine groups is 1. The Morgan fingerprint density at radius 3 is 2.60 bits per heavy atom. The van der Waals surface area contributed by atoms with Crippen molar-refractivity contribution in [1.29, 1.82) is 0 Å². The zero-order chi connectivity index (χ0) is 18.1. The van der Waals surface area contributed by atoms with Crippen LogP contribution < -0.4 is 10.6 Å². The Kier molecular flexibility index (Phi) is 7.03. The molecule has 0 aliphatic heterocycles. The van der Waals surface area contributed by atoms with Gasteiger partial charge in [0.05, 0.1) is 26.0 Å². The van der Waals surface area contributed by atoms with Crippen LogP contribution in [0.5, 0.6) is 0 Å². The lowest BCUT2D eigenvalue weighted by Gasteiger charge is -2.22. The number of methoxy groups -OCH3 is 1. The summed E-state index contributed by atoms with van der Waals surface area (Å²) in [5.41, 5.74) is 1.11. The molecule has 1 aromatic carbocycles. The fourth-order valence-corrected chi connectivity index (χ4v) is 2.44. The van der Waals surface area contributed by atoms with Gasteiger partial charge in [-0.15, -0.1) is 0 Å². The number of nitrogens with one attached hydrogen (secondary N) is 2. The Labute approximate surface area is 148 Å². The van der Waals surface area contributed by atoms with Gasteiger partial charge in [-0.3, -0.25) is 0 Å². The molecule has 0 aliphatic rings. The predicted octanol–water partition coefficient (Wildman–Crippen LogP) is 2.39. The van der Waals surface area contributed by atoms with E-state index in [4.69, 9.17) is 9.15 Å². The molecule has 0 aliphatic carbocycles. The first-order chi connectivity index (χ1) is 12.1. The first kappa shape index (κ1) is 19.0. The summed E-state index contributed by atoms with van der Waals surface area (Å²) in [5.74, 6) is 1.16. The van der Waals surface area contributed by atoms with Gasteiger partial charge in [0.25, 0.3) is 0 Å². The van der Waals surface area contributed by atoms with Gasteiger partial charge in [-0.25, -0.2) is 4.99 Å². The second kappa shape index (κ2) is 9.25. The van der Waals surface area contributed by atoms with Crippen molar-refractivity contribution in [3.63, 3.8) is 0 Å². The quantitative estimate of drug-likeness (QED) is 0.506. The van der Waals surface area contributed by atoms with E-state index in [1.54, 1.807) is 32.4 Å². The molecule has 6 nitrogen and oxygen atoms in total. The second-order valence-corrected chi connectivity index (χ2v) is 6.00. The molecule has 0 saturated heterocycles. The maximum absolute atomic E-state index is 10.5. The molecule has 2 rings (SSSR count). The molecule has 0 bridgehead atoms. The van der Waals surface area contributed by atoms with Crippen molar-refractivity contribution in [2.45, 2.75) is 32.6 Å². The summed E-state index contributed by atoms with van der Waals surface area (Å²) in [5, 5.41) is 16.9. The van der Waals surface area contributed by atoms with Gasteiger partial charge < -0.3 is 24.9 Å². The van der Waals surface area contributed by atoms with E-state index in [-0.39, 0.29) is 6.54 Å². The highest BCUT2D eigenvalue weighted by atomic mass is 16.5. The van der Waals surface area contributed by atoms with E-state index in [0.29, 0.717) is 24.9 Å². The minimum Gasteiger partial charge on any atom is -0.466 e. The van der Waals surface area contributed by atoms with E-state index < -0.39 is 5.60 Å². The number of furan rings is 1. The van der Waals surface area contributed by atoms with Gasteiger partial charge in [0.15, 0.2) is 5.96 Å². The Balaban J connectivity index is 2.03. The largest absolute Gasteiger partial charge is 0.466 e. The number of hydrogen-bond donors (Lipinski definition) is 3. The van der Waals surface area contributed by atoms with Gasteiger partial charge in [-0.1, -0.05) is 24.3 Å². The molecular formula is C19H27N3O3. The summed E-state index contributed by atoms with van der Waals surface area (Å²) in [6, 6.07) is 11.6. The van der Waals surface area contributed by atoms with Gasteiger partial charge in [-0.2, -0.15) is 0 Å². The summed E-state index contributed by atoms with van der Waals surface area (Å²) in [4.78, 5) is 4.61. The van der Waals surface area contributed by atoms with Gasteiger partial charge in [-0.05, 0) is 37.1 Å². The third-order valence-corrected chi connectivity index (χ3v) is 3.82. The summed E-state index contributed by atoms with van der Waals surface area (Å²) in [6.07, 6.45) is 1.55. The van der Waals surface area contributed by atoms with Crippen molar-refractivity contribution >= 4 is 5.96 Å². The maximum Gasteiger partial charge on any atom is 0.191 e. The van der Waals surface area contributed by atoms with E-state index in [9.17, 15) is 5.11 Å². The summed E-state index contributed by atoms with van der Waals surface area (Å²) in [6.45, 7) is 5.80. The number of benzene rings is 1. The third kappa shape index (κ3) is 5.62. The van der Waals surface area contributed by atoms with E-state index >= 15 is 0 Å². The van der Waals surface area contributed by atoms with E-state index in [2.05, 4.69) is 15.6 Å². The summed E-state index contributed by atoms with van der Waals surface area (Å²) in [7, 11) is 1.68. The average molecular weight is 345 g/mol. The Hall–Kier alpha value is -2.31. The monoisotopic (exact) mass is 345 g/mol. The highest BCUT2D eigenvalue weighted by Crippen LogP contribution is 2.19. The number of aliphatic hydroxyl groups is 1. The fraction of sp³-hybridized carbons (Fsp3) is 0.421. The van der Waals surface area contributed by atoms with Crippen LogP contribution in [0.25, 0.3) is 0 Å². The number of rotatable bonds is 8. The molecule has 1 aromatic heterocycles.